The molecule has 0 aliphatic carbocycles. The molecule has 1 heterocycles. The molecule has 1 atom stereocenters. The van der Waals surface area contributed by atoms with Crippen LogP contribution in [0.2, 0.25) is 0 Å². The Morgan fingerprint density at radius 1 is 1.29 bits per heavy atom. The van der Waals surface area contributed by atoms with Gasteiger partial charge in [0.2, 0.25) is 5.13 Å². The molecule has 7 heteroatoms. The summed E-state index contributed by atoms with van der Waals surface area (Å²) in [6.07, 6.45) is 1.96. The topological polar surface area (TPSA) is 73.4 Å². The fraction of sp³-hybridized carbons (Fsp3) is 0.333. The van der Waals surface area contributed by atoms with Crippen LogP contribution in [0.1, 0.15) is 31.4 Å². The van der Waals surface area contributed by atoms with Crippen LogP contribution >= 0.6 is 23.1 Å². The van der Waals surface area contributed by atoms with Crippen LogP contribution in [0, 0.1) is 17.6 Å². The Labute approximate surface area is 173 Å². The number of nitrogens with zero attached hydrogens (tertiary/aromatic N) is 4. The summed E-state index contributed by atoms with van der Waals surface area (Å²) in [4.78, 5) is 5.40. The number of thiocyanates is 1. The van der Waals surface area contributed by atoms with Crippen molar-refractivity contribution in [1.29, 1.82) is 5.26 Å². The molecule has 0 fully saturated rings. The van der Waals surface area contributed by atoms with Gasteiger partial charge in [-0.05, 0) is 79.9 Å². The molecule has 0 aliphatic heterocycles. The third-order valence-corrected chi connectivity index (χ3v) is 6.00. The molecule has 5 nitrogen and oxygen atoms in total. The zero-order chi connectivity index (χ0) is 19.9. The number of rotatable bonds is 8. The second kappa shape index (κ2) is 9.67. The van der Waals surface area contributed by atoms with E-state index in [0.717, 1.165) is 39.7 Å². The van der Waals surface area contributed by atoms with E-state index >= 15 is 0 Å². The number of nitriles is 1. The average Bonchev–Trinajstić information content (AvgIpc) is 3.09. The molecule has 0 amide bonds. The normalized spacial score (nSPS) is 12.4. The van der Waals surface area contributed by atoms with E-state index < -0.39 is 0 Å². The van der Waals surface area contributed by atoms with Gasteiger partial charge in [0.05, 0.1) is 16.8 Å². The number of anilines is 1. The Hall–Kier alpha value is -2.43. The lowest BCUT2D eigenvalue weighted by molar-refractivity contribution is 0.764. The van der Waals surface area contributed by atoms with Gasteiger partial charge in [-0.1, -0.05) is 24.3 Å². The van der Waals surface area contributed by atoms with E-state index in [2.05, 4.69) is 64.9 Å². The highest BCUT2D eigenvalue weighted by Gasteiger charge is 2.05. The van der Waals surface area contributed by atoms with Crippen molar-refractivity contribution in [3.8, 4) is 5.40 Å². The predicted molar refractivity (Wildman–Crippen MR) is 119 cm³/mol. The molecule has 3 rings (SSSR count). The van der Waals surface area contributed by atoms with E-state index in [1.54, 1.807) is 0 Å². The summed E-state index contributed by atoms with van der Waals surface area (Å²) in [6.45, 7) is 7.14. The number of thioether (sulfide) groups is 1. The summed E-state index contributed by atoms with van der Waals surface area (Å²) in [7, 11) is 0. The Kier molecular flexibility index (Phi) is 7.01. The van der Waals surface area contributed by atoms with Crippen LogP contribution in [0.4, 0.5) is 10.8 Å². The third kappa shape index (κ3) is 5.31. The highest BCUT2D eigenvalue weighted by atomic mass is 32.2. The van der Waals surface area contributed by atoms with Gasteiger partial charge in [-0.2, -0.15) is 10.4 Å². The number of thiazole rings is 1. The summed E-state index contributed by atoms with van der Waals surface area (Å²) in [6, 6.07) is 12.8. The summed E-state index contributed by atoms with van der Waals surface area (Å²) in [5.74, 6) is 0. The van der Waals surface area contributed by atoms with Crippen molar-refractivity contribution in [2.75, 3.05) is 11.9 Å². The molecule has 1 unspecified atom stereocenters. The molecule has 1 aromatic heterocycles. The summed E-state index contributed by atoms with van der Waals surface area (Å²) >= 11 is 2.64. The molecule has 0 bridgehead atoms. The molecule has 3 aromatic rings. The standard InChI is InChI=1S/C21H23N5S2/c1-4-15(3)24-17-6-5-16(14(2)11-17)9-10-23-26-21-25-19-8-7-18(27-13-22)12-20(19)28-21/h5-8,11-12,15,24H,4,9-10H2,1-3H3. The van der Waals surface area contributed by atoms with Gasteiger partial charge >= 0.3 is 0 Å². The summed E-state index contributed by atoms with van der Waals surface area (Å²) in [5, 5.41) is 23.6. The number of aromatic nitrogens is 1. The number of hydrogen-bond donors (Lipinski definition) is 1. The second-order valence-electron chi connectivity index (χ2n) is 6.63. The SMILES string of the molecule is CCC(C)Nc1ccc(CCN=Nc2nc3ccc(SC#N)cc3s2)c(C)c1. The lowest BCUT2D eigenvalue weighted by atomic mass is 10.0. The minimum Gasteiger partial charge on any atom is -0.383 e. The smallest absolute Gasteiger partial charge is 0.230 e. The third-order valence-electron chi connectivity index (χ3n) is 4.52. The minimum atomic E-state index is 0.474. The summed E-state index contributed by atoms with van der Waals surface area (Å²) in [5.41, 5.74) is 4.62. The Bertz CT molecular complexity index is 1020. The van der Waals surface area contributed by atoms with E-state index in [4.69, 9.17) is 5.26 Å². The van der Waals surface area contributed by atoms with Gasteiger partial charge in [-0.25, -0.2) is 4.98 Å². The monoisotopic (exact) mass is 409 g/mol. The first-order chi connectivity index (χ1) is 13.6. The van der Waals surface area contributed by atoms with Crippen molar-refractivity contribution in [3.63, 3.8) is 0 Å². The van der Waals surface area contributed by atoms with Gasteiger partial charge in [0.15, 0.2) is 0 Å². The number of benzene rings is 2. The Balaban J connectivity index is 1.59. The first kappa shape index (κ1) is 20.3. The molecule has 2 aromatic carbocycles. The highest BCUT2D eigenvalue weighted by Crippen LogP contribution is 2.31. The molecular weight excluding hydrogens is 386 g/mol. The average molecular weight is 410 g/mol. The Morgan fingerprint density at radius 3 is 2.89 bits per heavy atom. The zero-order valence-electron chi connectivity index (χ0n) is 16.3. The molecule has 144 valence electrons. The van der Waals surface area contributed by atoms with Gasteiger partial charge in [-0.15, -0.1) is 5.11 Å². The van der Waals surface area contributed by atoms with Crippen molar-refractivity contribution in [2.45, 2.75) is 44.6 Å². The molecule has 0 saturated carbocycles. The lowest BCUT2D eigenvalue weighted by Crippen LogP contribution is -2.13. The largest absolute Gasteiger partial charge is 0.383 e. The zero-order valence-corrected chi connectivity index (χ0v) is 17.9. The van der Waals surface area contributed by atoms with Gasteiger partial charge < -0.3 is 5.32 Å². The van der Waals surface area contributed by atoms with Gasteiger partial charge in [0, 0.05) is 16.6 Å². The highest BCUT2D eigenvalue weighted by molar-refractivity contribution is 8.03. The number of aryl methyl sites for hydroxylation is 1. The first-order valence-corrected chi connectivity index (χ1v) is 10.9. The maximum absolute atomic E-state index is 8.78. The fourth-order valence-electron chi connectivity index (χ4n) is 2.79. The molecule has 0 spiro atoms. The van der Waals surface area contributed by atoms with Crippen LogP contribution in [0.3, 0.4) is 0 Å². The summed E-state index contributed by atoms with van der Waals surface area (Å²) < 4.78 is 1.02. The molecular formula is C21H23N5S2. The van der Waals surface area contributed by atoms with E-state index in [0.29, 0.717) is 17.7 Å². The quantitative estimate of drug-likeness (QED) is 0.255. The minimum absolute atomic E-state index is 0.474. The van der Waals surface area contributed by atoms with Gasteiger partial charge in [-0.3, -0.25) is 0 Å². The van der Waals surface area contributed by atoms with Gasteiger partial charge in [0.25, 0.3) is 0 Å². The molecule has 0 saturated heterocycles. The molecule has 28 heavy (non-hydrogen) atoms. The predicted octanol–water partition coefficient (Wildman–Crippen LogP) is 6.71. The van der Waals surface area contributed by atoms with E-state index in [1.807, 2.05) is 18.2 Å². The van der Waals surface area contributed by atoms with Crippen LogP contribution in [0.5, 0.6) is 0 Å². The first-order valence-electron chi connectivity index (χ1n) is 9.29. The van der Waals surface area contributed by atoms with E-state index in [9.17, 15) is 0 Å². The Morgan fingerprint density at radius 2 is 2.14 bits per heavy atom. The van der Waals surface area contributed by atoms with Crippen LogP contribution < -0.4 is 5.32 Å². The van der Waals surface area contributed by atoms with Crippen molar-refractivity contribution in [2.24, 2.45) is 10.2 Å². The maximum atomic E-state index is 8.78. The van der Waals surface area contributed by atoms with Gasteiger partial charge in [0.1, 0.15) is 5.40 Å². The van der Waals surface area contributed by atoms with Crippen LogP contribution in [-0.4, -0.2) is 17.6 Å². The molecule has 0 aliphatic rings. The maximum Gasteiger partial charge on any atom is 0.230 e. The number of azo groups is 1. The van der Waals surface area contributed by atoms with Crippen LogP contribution in [-0.2, 0) is 6.42 Å². The number of nitrogens with one attached hydrogen (secondary N) is 1. The molecule has 1 N–H and O–H groups in total. The van der Waals surface area contributed by atoms with Crippen molar-refractivity contribution in [1.82, 2.24) is 4.98 Å². The second-order valence-corrected chi connectivity index (χ2v) is 8.50. The van der Waals surface area contributed by atoms with Crippen LogP contribution in [0.25, 0.3) is 10.2 Å². The number of fused-ring (bicyclic) bond motifs is 1. The van der Waals surface area contributed by atoms with Crippen LogP contribution in [0.15, 0.2) is 51.5 Å². The lowest BCUT2D eigenvalue weighted by Gasteiger charge is -2.14. The van der Waals surface area contributed by atoms with E-state index in [1.165, 1.54) is 28.2 Å². The van der Waals surface area contributed by atoms with Crippen molar-refractivity contribution in [3.05, 3.63) is 47.5 Å². The number of hydrogen-bond acceptors (Lipinski definition) is 7. The molecule has 0 radical (unpaired) electrons. The fourth-order valence-corrected chi connectivity index (χ4v) is 4.12. The van der Waals surface area contributed by atoms with E-state index in [-0.39, 0.29) is 0 Å². The van der Waals surface area contributed by atoms with Crippen molar-refractivity contribution >= 4 is 44.1 Å². The van der Waals surface area contributed by atoms with Crippen molar-refractivity contribution < 1.29 is 0 Å².